The Morgan fingerprint density at radius 3 is 2.70 bits per heavy atom. The SMILES string of the molecule is Cc1cc(C)n(CC(=O)OCC(=O)Nc2cccc(-c3csc(C)n3)c2)n1. The summed E-state index contributed by atoms with van der Waals surface area (Å²) in [6.07, 6.45) is 0. The van der Waals surface area contributed by atoms with Crippen LogP contribution in [-0.2, 0) is 20.9 Å². The van der Waals surface area contributed by atoms with E-state index in [2.05, 4.69) is 15.4 Å². The molecule has 0 bridgehead atoms. The number of aromatic nitrogens is 3. The van der Waals surface area contributed by atoms with Gasteiger partial charge in [-0.15, -0.1) is 11.3 Å². The molecule has 27 heavy (non-hydrogen) atoms. The lowest BCUT2D eigenvalue weighted by Gasteiger charge is -2.08. The first kappa shape index (κ1) is 18.8. The third-order valence-electron chi connectivity index (χ3n) is 3.81. The second-order valence-corrected chi connectivity index (χ2v) is 7.19. The third kappa shape index (κ3) is 5.01. The van der Waals surface area contributed by atoms with Gasteiger partial charge in [0.2, 0.25) is 0 Å². The highest BCUT2D eigenvalue weighted by atomic mass is 32.1. The molecule has 3 aromatic rings. The van der Waals surface area contributed by atoms with Crippen molar-refractivity contribution >= 4 is 28.9 Å². The van der Waals surface area contributed by atoms with Crippen molar-refractivity contribution in [2.45, 2.75) is 27.3 Å². The van der Waals surface area contributed by atoms with Gasteiger partial charge < -0.3 is 10.1 Å². The van der Waals surface area contributed by atoms with Crippen molar-refractivity contribution in [3.8, 4) is 11.3 Å². The standard InChI is InChI=1S/C19H20N4O3S/c1-12-7-13(2)23(22-12)9-19(25)26-10-18(24)21-16-6-4-5-15(8-16)17-11-27-14(3)20-17/h4-8,11H,9-10H2,1-3H3,(H,21,24). The number of hydrogen-bond acceptors (Lipinski definition) is 6. The predicted octanol–water partition coefficient (Wildman–Crippen LogP) is 3.11. The van der Waals surface area contributed by atoms with E-state index in [1.807, 2.05) is 50.4 Å². The average Bonchev–Trinajstić information content (AvgIpc) is 3.18. The minimum Gasteiger partial charge on any atom is -0.454 e. The Bertz CT molecular complexity index is 977. The number of nitrogens with zero attached hydrogens (tertiary/aromatic N) is 3. The minimum absolute atomic E-state index is 0.0222. The van der Waals surface area contributed by atoms with Gasteiger partial charge in [-0.3, -0.25) is 14.3 Å². The Morgan fingerprint density at radius 2 is 2.04 bits per heavy atom. The molecule has 1 N–H and O–H groups in total. The van der Waals surface area contributed by atoms with Gasteiger partial charge in [-0.05, 0) is 39.0 Å². The number of rotatable bonds is 6. The summed E-state index contributed by atoms with van der Waals surface area (Å²) in [5, 5.41) is 9.88. The van der Waals surface area contributed by atoms with Gasteiger partial charge in [0.25, 0.3) is 5.91 Å². The molecule has 0 spiro atoms. The van der Waals surface area contributed by atoms with Crippen LogP contribution >= 0.6 is 11.3 Å². The van der Waals surface area contributed by atoms with E-state index >= 15 is 0 Å². The van der Waals surface area contributed by atoms with Crippen LogP contribution in [0.3, 0.4) is 0 Å². The molecule has 0 aliphatic carbocycles. The number of nitrogens with one attached hydrogen (secondary N) is 1. The normalized spacial score (nSPS) is 10.6. The molecule has 2 aromatic heterocycles. The number of benzene rings is 1. The lowest BCUT2D eigenvalue weighted by molar-refractivity contribution is -0.148. The van der Waals surface area contributed by atoms with Crippen LogP contribution in [0.25, 0.3) is 11.3 Å². The van der Waals surface area contributed by atoms with Gasteiger partial charge in [0.05, 0.1) is 16.4 Å². The molecule has 3 rings (SSSR count). The topological polar surface area (TPSA) is 86.1 Å². The van der Waals surface area contributed by atoms with E-state index in [9.17, 15) is 9.59 Å². The molecule has 140 valence electrons. The maximum Gasteiger partial charge on any atom is 0.328 e. The molecule has 0 fully saturated rings. The highest BCUT2D eigenvalue weighted by Gasteiger charge is 2.11. The number of aryl methyl sites for hydroxylation is 3. The number of carbonyl (C=O) groups is 2. The number of thiazole rings is 1. The van der Waals surface area contributed by atoms with Gasteiger partial charge in [0, 0.05) is 22.3 Å². The Labute approximate surface area is 161 Å². The van der Waals surface area contributed by atoms with Crippen molar-refractivity contribution in [2.75, 3.05) is 11.9 Å². The van der Waals surface area contributed by atoms with E-state index in [0.717, 1.165) is 27.7 Å². The number of esters is 1. The quantitative estimate of drug-likeness (QED) is 0.660. The largest absolute Gasteiger partial charge is 0.454 e. The van der Waals surface area contributed by atoms with Crippen molar-refractivity contribution in [2.24, 2.45) is 0 Å². The lowest BCUT2D eigenvalue weighted by Crippen LogP contribution is -2.23. The number of anilines is 1. The van der Waals surface area contributed by atoms with Gasteiger partial charge in [-0.1, -0.05) is 12.1 Å². The van der Waals surface area contributed by atoms with E-state index < -0.39 is 11.9 Å². The number of ether oxygens (including phenoxy) is 1. The molecular formula is C19H20N4O3S. The maximum atomic E-state index is 12.1. The zero-order chi connectivity index (χ0) is 19.4. The first-order valence-corrected chi connectivity index (χ1v) is 9.28. The summed E-state index contributed by atoms with van der Waals surface area (Å²) < 4.78 is 6.59. The molecule has 0 aliphatic rings. The van der Waals surface area contributed by atoms with Gasteiger partial charge in [0.1, 0.15) is 6.54 Å². The van der Waals surface area contributed by atoms with E-state index in [1.165, 1.54) is 0 Å². The van der Waals surface area contributed by atoms with Crippen LogP contribution in [0.5, 0.6) is 0 Å². The molecule has 1 aromatic carbocycles. The summed E-state index contributed by atoms with van der Waals surface area (Å²) in [4.78, 5) is 28.4. The molecule has 0 atom stereocenters. The Balaban J connectivity index is 1.53. The second kappa shape index (κ2) is 8.13. The van der Waals surface area contributed by atoms with Crippen LogP contribution in [0.2, 0.25) is 0 Å². The molecule has 1 amide bonds. The van der Waals surface area contributed by atoms with Crippen molar-refractivity contribution in [1.29, 1.82) is 0 Å². The number of carbonyl (C=O) groups excluding carboxylic acids is 2. The van der Waals surface area contributed by atoms with Crippen LogP contribution in [0, 0.1) is 20.8 Å². The smallest absolute Gasteiger partial charge is 0.328 e. The lowest BCUT2D eigenvalue weighted by atomic mass is 10.1. The molecule has 0 saturated carbocycles. The monoisotopic (exact) mass is 384 g/mol. The van der Waals surface area contributed by atoms with Gasteiger partial charge >= 0.3 is 5.97 Å². The van der Waals surface area contributed by atoms with Crippen LogP contribution in [-0.4, -0.2) is 33.2 Å². The fourth-order valence-corrected chi connectivity index (χ4v) is 3.22. The van der Waals surface area contributed by atoms with Gasteiger partial charge in [0.15, 0.2) is 6.61 Å². The van der Waals surface area contributed by atoms with Crippen LogP contribution in [0.15, 0.2) is 35.7 Å². The molecular weight excluding hydrogens is 364 g/mol. The van der Waals surface area contributed by atoms with Crippen molar-refractivity contribution in [1.82, 2.24) is 14.8 Å². The van der Waals surface area contributed by atoms with Crippen LogP contribution < -0.4 is 5.32 Å². The molecule has 8 heteroatoms. The van der Waals surface area contributed by atoms with Gasteiger partial charge in [-0.25, -0.2) is 4.98 Å². The number of amides is 1. The summed E-state index contributed by atoms with van der Waals surface area (Å²) in [7, 11) is 0. The first-order chi connectivity index (χ1) is 12.9. The molecule has 0 saturated heterocycles. The summed E-state index contributed by atoms with van der Waals surface area (Å²) in [6.45, 7) is 5.28. The molecule has 0 radical (unpaired) electrons. The maximum absolute atomic E-state index is 12.1. The van der Waals surface area contributed by atoms with Crippen molar-refractivity contribution in [3.05, 3.63) is 52.1 Å². The Morgan fingerprint density at radius 1 is 1.22 bits per heavy atom. The van der Waals surface area contributed by atoms with E-state index in [4.69, 9.17) is 4.74 Å². The average molecular weight is 384 g/mol. The summed E-state index contributed by atoms with van der Waals surface area (Å²) in [6, 6.07) is 9.26. The summed E-state index contributed by atoms with van der Waals surface area (Å²) in [5.41, 5.74) is 4.09. The Hall–Kier alpha value is -3.00. The van der Waals surface area contributed by atoms with E-state index in [-0.39, 0.29) is 13.2 Å². The van der Waals surface area contributed by atoms with Crippen LogP contribution in [0.4, 0.5) is 5.69 Å². The highest BCUT2D eigenvalue weighted by Crippen LogP contribution is 2.24. The molecule has 7 nitrogen and oxygen atoms in total. The predicted molar refractivity (Wildman–Crippen MR) is 104 cm³/mol. The van der Waals surface area contributed by atoms with Crippen molar-refractivity contribution < 1.29 is 14.3 Å². The minimum atomic E-state index is -0.511. The highest BCUT2D eigenvalue weighted by molar-refractivity contribution is 7.09. The fourth-order valence-electron chi connectivity index (χ4n) is 2.60. The van der Waals surface area contributed by atoms with Crippen molar-refractivity contribution in [3.63, 3.8) is 0 Å². The second-order valence-electron chi connectivity index (χ2n) is 6.13. The van der Waals surface area contributed by atoms with Crippen LogP contribution in [0.1, 0.15) is 16.4 Å². The molecule has 0 aliphatic heterocycles. The summed E-state index contributed by atoms with van der Waals surface area (Å²) >= 11 is 1.57. The molecule has 0 unspecified atom stereocenters. The third-order valence-corrected chi connectivity index (χ3v) is 4.58. The zero-order valence-corrected chi connectivity index (χ0v) is 16.2. The first-order valence-electron chi connectivity index (χ1n) is 8.40. The molecule has 2 heterocycles. The zero-order valence-electron chi connectivity index (χ0n) is 15.4. The fraction of sp³-hybridized carbons (Fsp3) is 0.263. The van der Waals surface area contributed by atoms with E-state index in [0.29, 0.717) is 5.69 Å². The Kier molecular flexibility index (Phi) is 5.66. The number of hydrogen-bond donors (Lipinski definition) is 1. The van der Waals surface area contributed by atoms with E-state index in [1.54, 1.807) is 22.1 Å². The summed E-state index contributed by atoms with van der Waals surface area (Å²) in [5.74, 6) is -0.911. The van der Waals surface area contributed by atoms with Gasteiger partial charge in [-0.2, -0.15) is 5.10 Å².